The van der Waals surface area contributed by atoms with E-state index in [4.69, 9.17) is 11.8 Å². The summed E-state index contributed by atoms with van der Waals surface area (Å²) in [7, 11) is 0. The Labute approximate surface area is 80.4 Å². The molecule has 0 aliphatic heterocycles. The van der Waals surface area contributed by atoms with Gasteiger partial charge in [0.25, 0.3) is 0 Å². The third-order valence-electron chi connectivity index (χ3n) is 1.86. The number of hydrogen-bond donors (Lipinski definition) is 0. The van der Waals surface area contributed by atoms with E-state index >= 15 is 0 Å². The van der Waals surface area contributed by atoms with Gasteiger partial charge in [-0.05, 0) is 18.9 Å². The first kappa shape index (κ1) is 11.6. The van der Waals surface area contributed by atoms with E-state index in [1.165, 1.54) is 18.4 Å². The molecular formula is C11H16N2. The van der Waals surface area contributed by atoms with E-state index in [0.29, 0.717) is 0 Å². The van der Waals surface area contributed by atoms with Gasteiger partial charge in [-0.25, -0.2) is 4.57 Å². The van der Waals surface area contributed by atoms with Gasteiger partial charge in [-0.1, -0.05) is 13.3 Å². The van der Waals surface area contributed by atoms with E-state index in [1.54, 1.807) is 0 Å². The van der Waals surface area contributed by atoms with Gasteiger partial charge >= 0.3 is 0 Å². The Morgan fingerprint density at radius 1 is 1.23 bits per heavy atom. The molecule has 13 heavy (non-hydrogen) atoms. The summed E-state index contributed by atoms with van der Waals surface area (Å²) in [6, 6.07) is 4.40. The zero-order valence-corrected chi connectivity index (χ0v) is 8.33. The van der Waals surface area contributed by atoms with E-state index in [9.17, 15) is 0 Å². The summed E-state index contributed by atoms with van der Waals surface area (Å²) in [6.45, 7) is 10.2. The molecule has 0 spiro atoms. The van der Waals surface area contributed by atoms with Crippen LogP contribution in [0.15, 0.2) is 24.5 Å². The molecule has 70 valence electrons. The maximum Gasteiger partial charge on any atom is 0.169 e. The Bertz CT molecular complexity index is 236. The summed E-state index contributed by atoms with van der Waals surface area (Å²) in [4.78, 5) is 0. The van der Waals surface area contributed by atoms with Crippen molar-refractivity contribution in [2.75, 3.05) is 0 Å². The second-order valence-electron chi connectivity index (χ2n) is 2.79. The maximum atomic E-state index is 6.25. The van der Waals surface area contributed by atoms with Crippen LogP contribution in [0.4, 0.5) is 0 Å². The van der Waals surface area contributed by atoms with E-state index in [0.717, 1.165) is 6.54 Å². The van der Waals surface area contributed by atoms with Crippen LogP contribution >= 0.6 is 0 Å². The fourth-order valence-corrected chi connectivity index (χ4v) is 1.15. The van der Waals surface area contributed by atoms with Gasteiger partial charge in [-0.2, -0.15) is 0 Å². The molecule has 0 aliphatic rings. The molecule has 0 aromatic carbocycles. The van der Waals surface area contributed by atoms with Crippen LogP contribution in [0.5, 0.6) is 0 Å². The summed E-state index contributed by atoms with van der Waals surface area (Å²) in [5, 5.41) is 6.25. The third-order valence-corrected chi connectivity index (χ3v) is 1.86. The SMILES string of the molecule is CCCc1cc[n+](CC)cc1.[C-]#N. The predicted octanol–water partition coefficient (Wildman–Crippen LogP) is 2.04. The largest absolute Gasteiger partial charge is 0.512 e. The molecule has 1 heterocycles. The monoisotopic (exact) mass is 176 g/mol. The second-order valence-corrected chi connectivity index (χ2v) is 2.79. The number of rotatable bonds is 3. The first-order valence-electron chi connectivity index (χ1n) is 4.57. The number of aryl methyl sites for hydroxylation is 2. The average Bonchev–Trinajstić information content (AvgIpc) is 2.23. The number of nitrogens with zero attached hydrogens (tertiary/aromatic N) is 2. The summed E-state index contributed by atoms with van der Waals surface area (Å²) >= 11 is 0. The van der Waals surface area contributed by atoms with E-state index in [1.807, 2.05) is 0 Å². The molecule has 0 aliphatic carbocycles. The van der Waals surface area contributed by atoms with Crippen molar-refractivity contribution in [3.63, 3.8) is 0 Å². The standard InChI is InChI=1S/C10H16N.CN/c1-3-5-10-6-8-11(4-2)9-7-10;1-2/h6-9H,3-5H2,1-2H3;/q+1;-1. The van der Waals surface area contributed by atoms with Crippen LogP contribution in [0.3, 0.4) is 0 Å². The van der Waals surface area contributed by atoms with Crippen molar-refractivity contribution in [1.82, 2.24) is 0 Å². The van der Waals surface area contributed by atoms with Crippen LogP contribution in [0.2, 0.25) is 0 Å². The lowest BCUT2D eigenvalue weighted by atomic mass is 10.2. The molecule has 0 fully saturated rings. The van der Waals surface area contributed by atoms with Gasteiger partial charge in [0, 0.05) is 12.1 Å². The van der Waals surface area contributed by atoms with Crippen molar-refractivity contribution >= 4 is 0 Å². The van der Waals surface area contributed by atoms with E-state index in [-0.39, 0.29) is 0 Å². The fourth-order valence-electron chi connectivity index (χ4n) is 1.15. The van der Waals surface area contributed by atoms with Gasteiger partial charge in [0.05, 0.1) is 0 Å². The average molecular weight is 176 g/mol. The second kappa shape index (κ2) is 7.30. The van der Waals surface area contributed by atoms with Crippen molar-refractivity contribution in [3.05, 3.63) is 36.7 Å². The van der Waals surface area contributed by atoms with Crippen LogP contribution in [0.25, 0.3) is 0 Å². The van der Waals surface area contributed by atoms with Gasteiger partial charge in [-0.15, -0.1) is 0 Å². The molecule has 1 rings (SSSR count). The molecule has 1 aromatic rings. The lowest BCUT2D eigenvalue weighted by Gasteiger charge is -1.95. The highest BCUT2D eigenvalue weighted by molar-refractivity contribution is 5.06. The Morgan fingerprint density at radius 2 is 1.77 bits per heavy atom. The van der Waals surface area contributed by atoms with E-state index in [2.05, 4.69) is 42.9 Å². The van der Waals surface area contributed by atoms with Crippen LogP contribution in [0, 0.1) is 11.8 Å². The molecular weight excluding hydrogens is 160 g/mol. The zero-order chi connectivity index (χ0) is 10.1. The Kier molecular flexibility index (Phi) is 6.53. The Morgan fingerprint density at radius 3 is 2.15 bits per heavy atom. The molecule has 1 aromatic heterocycles. The molecule has 2 nitrogen and oxygen atoms in total. The van der Waals surface area contributed by atoms with Gasteiger partial charge in [0.15, 0.2) is 12.4 Å². The van der Waals surface area contributed by atoms with Crippen molar-refractivity contribution < 1.29 is 4.57 Å². The first-order valence-corrected chi connectivity index (χ1v) is 4.57. The van der Waals surface area contributed by atoms with Crippen molar-refractivity contribution in [2.45, 2.75) is 33.2 Å². The lowest BCUT2D eigenvalue weighted by Crippen LogP contribution is -2.30. The summed E-state index contributed by atoms with van der Waals surface area (Å²) in [5.41, 5.74) is 1.44. The Hall–Kier alpha value is -1.36. The first-order chi connectivity index (χ1) is 6.36. The molecule has 0 radical (unpaired) electrons. The van der Waals surface area contributed by atoms with Crippen LogP contribution in [-0.4, -0.2) is 0 Å². The van der Waals surface area contributed by atoms with Gasteiger partial charge in [0.2, 0.25) is 0 Å². The topological polar surface area (TPSA) is 27.7 Å². The normalized spacial score (nSPS) is 8.62. The van der Waals surface area contributed by atoms with E-state index < -0.39 is 0 Å². The fraction of sp³-hybridized carbons (Fsp3) is 0.455. The zero-order valence-electron chi connectivity index (χ0n) is 8.33. The molecule has 0 saturated heterocycles. The molecule has 0 saturated carbocycles. The van der Waals surface area contributed by atoms with Crippen LogP contribution < -0.4 is 4.57 Å². The van der Waals surface area contributed by atoms with Crippen LogP contribution in [-0.2, 0) is 13.0 Å². The van der Waals surface area contributed by atoms with Gasteiger partial charge in [-0.3, -0.25) is 0 Å². The van der Waals surface area contributed by atoms with Gasteiger partial charge in [0.1, 0.15) is 6.54 Å². The van der Waals surface area contributed by atoms with Crippen molar-refractivity contribution in [1.29, 1.82) is 5.26 Å². The quantitative estimate of drug-likeness (QED) is 0.511. The number of aromatic nitrogens is 1. The minimum atomic E-state index is 1.06. The minimum Gasteiger partial charge on any atom is -0.512 e. The highest BCUT2D eigenvalue weighted by atomic mass is 14.9. The van der Waals surface area contributed by atoms with Gasteiger partial charge < -0.3 is 11.8 Å². The lowest BCUT2D eigenvalue weighted by molar-refractivity contribution is -0.693. The molecule has 0 unspecified atom stereocenters. The highest BCUT2D eigenvalue weighted by Gasteiger charge is 1.95. The smallest absolute Gasteiger partial charge is 0.169 e. The predicted molar refractivity (Wildman–Crippen MR) is 51.3 cm³/mol. The maximum absolute atomic E-state index is 6.25. The van der Waals surface area contributed by atoms with Crippen molar-refractivity contribution in [2.24, 2.45) is 0 Å². The number of hydrogen-bond acceptors (Lipinski definition) is 1. The number of pyridine rings is 1. The Balaban J connectivity index is 0.000000671. The molecule has 0 bridgehead atoms. The molecule has 2 heteroatoms. The summed E-state index contributed by atoms with van der Waals surface area (Å²) in [6.07, 6.45) is 6.72. The third kappa shape index (κ3) is 4.27. The highest BCUT2D eigenvalue weighted by Crippen LogP contribution is 1.98. The minimum absolute atomic E-state index is 1.06. The molecule has 0 amide bonds. The molecule has 0 atom stereocenters. The van der Waals surface area contributed by atoms with Crippen molar-refractivity contribution in [3.8, 4) is 0 Å². The van der Waals surface area contributed by atoms with Crippen LogP contribution in [0.1, 0.15) is 25.8 Å². The summed E-state index contributed by atoms with van der Waals surface area (Å²) < 4.78 is 2.18. The summed E-state index contributed by atoms with van der Waals surface area (Å²) in [5.74, 6) is 0. The molecule has 0 N–H and O–H groups in total.